The highest BCUT2D eigenvalue weighted by molar-refractivity contribution is 6.05. The van der Waals surface area contributed by atoms with E-state index >= 15 is 0 Å². The molecule has 1 heterocycles. The third-order valence-corrected chi connectivity index (χ3v) is 5.33. The number of oxazole rings is 1. The molecule has 5 rings (SSSR count). The fourth-order valence-electron chi connectivity index (χ4n) is 3.57. The molecule has 0 spiro atoms. The number of nitrogens with zero attached hydrogens (tertiary/aromatic N) is 1. The third-order valence-electron chi connectivity index (χ3n) is 5.33. The molecule has 34 heavy (non-hydrogen) atoms. The number of carbonyl (C=O) groups is 1. The Bertz CT molecular complexity index is 1430. The zero-order valence-electron chi connectivity index (χ0n) is 18.5. The van der Waals surface area contributed by atoms with Crippen molar-refractivity contribution < 1.29 is 18.7 Å². The van der Waals surface area contributed by atoms with Crippen molar-refractivity contribution >= 4 is 22.7 Å². The molecule has 1 amide bonds. The lowest BCUT2D eigenvalue weighted by atomic mass is 10.1. The van der Waals surface area contributed by atoms with E-state index < -0.39 is 0 Å². The summed E-state index contributed by atoms with van der Waals surface area (Å²) < 4.78 is 17.2. The van der Waals surface area contributed by atoms with Crippen molar-refractivity contribution in [2.45, 2.75) is 6.61 Å². The van der Waals surface area contributed by atoms with E-state index in [4.69, 9.17) is 13.9 Å². The average molecular weight is 450 g/mol. The molecular formula is C28H22N2O4. The molecule has 0 saturated heterocycles. The van der Waals surface area contributed by atoms with Gasteiger partial charge in [0.2, 0.25) is 5.89 Å². The van der Waals surface area contributed by atoms with Crippen molar-refractivity contribution in [3.05, 3.63) is 108 Å². The second-order valence-electron chi connectivity index (χ2n) is 7.66. The summed E-state index contributed by atoms with van der Waals surface area (Å²) in [6.07, 6.45) is 0. The number of methoxy groups -OCH3 is 1. The van der Waals surface area contributed by atoms with E-state index in [-0.39, 0.29) is 5.91 Å². The van der Waals surface area contributed by atoms with Crippen molar-refractivity contribution in [3.63, 3.8) is 0 Å². The summed E-state index contributed by atoms with van der Waals surface area (Å²) in [5.41, 5.74) is 4.32. The number of carbonyl (C=O) groups excluding carboxylic acids is 1. The van der Waals surface area contributed by atoms with Crippen LogP contribution < -0.4 is 14.8 Å². The minimum atomic E-state index is -0.268. The average Bonchev–Trinajstić information content (AvgIpc) is 3.32. The lowest BCUT2D eigenvalue weighted by Gasteiger charge is -2.12. The first-order chi connectivity index (χ1) is 16.7. The molecular weight excluding hydrogens is 428 g/mol. The molecule has 0 radical (unpaired) electrons. The van der Waals surface area contributed by atoms with Crippen LogP contribution >= 0.6 is 0 Å². The second kappa shape index (κ2) is 9.50. The highest BCUT2D eigenvalue weighted by Gasteiger charge is 2.14. The van der Waals surface area contributed by atoms with Crippen molar-refractivity contribution in [1.29, 1.82) is 0 Å². The molecule has 168 valence electrons. The predicted octanol–water partition coefficient (Wildman–Crippen LogP) is 6.33. The van der Waals surface area contributed by atoms with Gasteiger partial charge in [-0.25, -0.2) is 4.98 Å². The molecule has 0 aliphatic heterocycles. The number of fused-ring (bicyclic) bond motifs is 1. The van der Waals surface area contributed by atoms with Crippen LogP contribution in [0.25, 0.3) is 22.6 Å². The second-order valence-corrected chi connectivity index (χ2v) is 7.66. The van der Waals surface area contributed by atoms with Crippen LogP contribution in [0.1, 0.15) is 15.9 Å². The molecule has 4 aromatic carbocycles. The zero-order valence-corrected chi connectivity index (χ0v) is 18.5. The van der Waals surface area contributed by atoms with Crippen LogP contribution in [0.15, 0.2) is 101 Å². The van der Waals surface area contributed by atoms with Crippen molar-refractivity contribution in [2.24, 2.45) is 0 Å². The van der Waals surface area contributed by atoms with Gasteiger partial charge in [0.15, 0.2) is 17.1 Å². The number of amides is 1. The first-order valence-corrected chi connectivity index (χ1v) is 10.8. The highest BCUT2D eigenvalue weighted by Crippen LogP contribution is 2.30. The molecule has 0 atom stereocenters. The van der Waals surface area contributed by atoms with Gasteiger partial charge in [-0.05, 0) is 48.0 Å². The van der Waals surface area contributed by atoms with Gasteiger partial charge in [0.25, 0.3) is 5.91 Å². The highest BCUT2D eigenvalue weighted by atomic mass is 16.5. The molecule has 0 saturated carbocycles. The van der Waals surface area contributed by atoms with Gasteiger partial charge in [-0.1, -0.05) is 48.5 Å². The Balaban J connectivity index is 1.31. The van der Waals surface area contributed by atoms with Gasteiger partial charge < -0.3 is 19.2 Å². The van der Waals surface area contributed by atoms with Crippen molar-refractivity contribution in [3.8, 4) is 23.0 Å². The maximum Gasteiger partial charge on any atom is 0.255 e. The summed E-state index contributed by atoms with van der Waals surface area (Å²) in [6, 6.07) is 30.0. The number of rotatable bonds is 7. The fraction of sp³-hybridized carbons (Fsp3) is 0.0714. The third kappa shape index (κ3) is 4.61. The summed E-state index contributed by atoms with van der Waals surface area (Å²) in [5.74, 6) is 1.33. The maximum atomic E-state index is 12.9. The topological polar surface area (TPSA) is 73.6 Å². The number of benzene rings is 4. The molecule has 0 unspecified atom stereocenters. The number of hydrogen-bond acceptors (Lipinski definition) is 5. The van der Waals surface area contributed by atoms with Gasteiger partial charge in [0, 0.05) is 22.9 Å². The zero-order chi connectivity index (χ0) is 23.3. The summed E-state index contributed by atoms with van der Waals surface area (Å²) in [6.45, 7) is 0.408. The molecule has 5 aromatic rings. The Morgan fingerprint density at radius 3 is 2.41 bits per heavy atom. The lowest BCUT2D eigenvalue weighted by molar-refractivity contribution is 0.102. The van der Waals surface area contributed by atoms with Crippen molar-refractivity contribution in [2.75, 3.05) is 12.4 Å². The van der Waals surface area contributed by atoms with Gasteiger partial charge >= 0.3 is 0 Å². The van der Waals surface area contributed by atoms with E-state index in [1.807, 2.05) is 66.7 Å². The van der Waals surface area contributed by atoms with Crippen LogP contribution in [0.2, 0.25) is 0 Å². The number of nitrogens with one attached hydrogen (secondary N) is 1. The van der Waals surface area contributed by atoms with Crippen LogP contribution in [-0.4, -0.2) is 18.0 Å². The standard InChI is InChI=1S/C28H22N2O4/c1-32-26-16-21(12-15-24(26)33-18-19-8-4-2-5-9-19)27(31)29-22-13-14-23-25(17-22)34-28(30-23)20-10-6-3-7-11-20/h2-17H,18H2,1H3,(H,29,31). The van der Waals surface area contributed by atoms with Gasteiger partial charge in [0.05, 0.1) is 7.11 Å². The largest absolute Gasteiger partial charge is 0.493 e. The van der Waals surface area contributed by atoms with Gasteiger partial charge in [-0.15, -0.1) is 0 Å². The van der Waals surface area contributed by atoms with Gasteiger partial charge in [0.1, 0.15) is 12.1 Å². The number of aromatic nitrogens is 1. The summed E-state index contributed by atoms with van der Waals surface area (Å²) in [5, 5.41) is 2.90. The quantitative estimate of drug-likeness (QED) is 0.313. The maximum absolute atomic E-state index is 12.9. The van der Waals surface area contributed by atoms with E-state index in [0.717, 1.165) is 16.6 Å². The lowest BCUT2D eigenvalue weighted by Crippen LogP contribution is -2.12. The van der Waals surface area contributed by atoms with Crippen LogP contribution in [-0.2, 0) is 6.61 Å². The van der Waals surface area contributed by atoms with E-state index in [1.165, 1.54) is 0 Å². The van der Waals surface area contributed by atoms with Crippen LogP contribution in [0, 0.1) is 0 Å². The predicted molar refractivity (Wildman–Crippen MR) is 131 cm³/mol. The smallest absolute Gasteiger partial charge is 0.255 e. The minimum absolute atomic E-state index is 0.268. The van der Waals surface area contributed by atoms with Crippen LogP contribution in [0.4, 0.5) is 5.69 Å². The summed E-state index contributed by atoms with van der Waals surface area (Å²) in [7, 11) is 1.55. The Morgan fingerprint density at radius 1 is 0.882 bits per heavy atom. The SMILES string of the molecule is COc1cc(C(=O)Nc2ccc3nc(-c4ccccc4)oc3c2)ccc1OCc1ccccc1. The van der Waals surface area contributed by atoms with Crippen LogP contribution in [0.5, 0.6) is 11.5 Å². The molecule has 6 heteroatoms. The molecule has 0 aliphatic rings. The minimum Gasteiger partial charge on any atom is -0.493 e. The van der Waals surface area contributed by atoms with Gasteiger partial charge in [-0.3, -0.25) is 4.79 Å². The van der Waals surface area contributed by atoms with Gasteiger partial charge in [-0.2, -0.15) is 0 Å². The summed E-state index contributed by atoms with van der Waals surface area (Å²) in [4.78, 5) is 17.4. The van der Waals surface area contributed by atoms with Crippen LogP contribution in [0.3, 0.4) is 0 Å². The van der Waals surface area contributed by atoms with Crippen molar-refractivity contribution in [1.82, 2.24) is 4.98 Å². The Hall–Kier alpha value is -4.58. The molecule has 0 bridgehead atoms. The summed E-state index contributed by atoms with van der Waals surface area (Å²) >= 11 is 0. The number of ether oxygens (including phenoxy) is 2. The van der Waals surface area contributed by atoms with E-state index in [1.54, 1.807) is 37.4 Å². The Morgan fingerprint density at radius 2 is 1.65 bits per heavy atom. The van der Waals surface area contributed by atoms with E-state index in [9.17, 15) is 4.79 Å². The normalized spacial score (nSPS) is 10.7. The monoisotopic (exact) mass is 450 g/mol. The number of anilines is 1. The molecule has 6 nitrogen and oxygen atoms in total. The van der Waals surface area contributed by atoms with E-state index in [2.05, 4.69) is 10.3 Å². The number of hydrogen-bond donors (Lipinski definition) is 1. The molecule has 1 N–H and O–H groups in total. The fourth-order valence-corrected chi connectivity index (χ4v) is 3.57. The first-order valence-electron chi connectivity index (χ1n) is 10.8. The molecule has 1 aromatic heterocycles. The Labute approximate surface area is 196 Å². The molecule has 0 fully saturated rings. The molecule has 0 aliphatic carbocycles. The van der Waals surface area contributed by atoms with E-state index in [0.29, 0.717) is 40.8 Å². The first kappa shape index (κ1) is 21.3. The Kier molecular flexibility index (Phi) is 5.95.